The van der Waals surface area contributed by atoms with Crippen LogP contribution in [0.25, 0.3) is 10.6 Å². The minimum absolute atomic E-state index is 0.128. The molecule has 2 aromatic carbocycles. The molecular formula is C20H17F3N2O2S. The van der Waals surface area contributed by atoms with Gasteiger partial charge < -0.3 is 10.1 Å². The van der Waals surface area contributed by atoms with Crippen molar-refractivity contribution in [2.45, 2.75) is 25.7 Å². The summed E-state index contributed by atoms with van der Waals surface area (Å²) >= 11 is 1.47. The number of benzene rings is 2. The molecule has 0 aliphatic carbocycles. The van der Waals surface area contributed by atoms with E-state index in [0.717, 1.165) is 10.6 Å². The van der Waals surface area contributed by atoms with Gasteiger partial charge in [0, 0.05) is 10.9 Å². The zero-order chi connectivity index (χ0) is 20.1. The van der Waals surface area contributed by atoms with Crippen molar-refractivity contribution < 1.29 is 22.7 Å². The second kappa shape index (κ2) is 8.43. The normalized spacial score (nSPS) is 12.4. The van der Waals surface area contributed by atoms with Gasteiger partial charge in [-0.2, -0.15) is 0 Å². The molecule has 1 N–H and O–H groups in total. The summed E-state index contributed by atoms with van der Waals surface area (Å²) in [7, 11) is 0. The molecule has 8 heteroatoms. The number of carbonyl (C=O) groups is 1. The average Bonchev–Trinajstić information content (AvgIpc) is 3.10. The highest BCUT2D eigenvalue weighted by Gasteiger charge is 2.31. The fourth-order valence-corrected chi connectivity index (χ4v) is 3.43. The second-order valence-electron chi connectivity index (χ2n) is 6.09. The third-order valence-electron chi connectivity index (χ3n) is 3.91. The molecule has 0 spiro atoms. The fourth-order valence-electron chi connectivity index (χ4n) is 2.60. The lowest BCUT2D eigenvalue weighted by molar-refractivity contribution is -0.274. The summed E-state index contributed by atoms with van der Waals surface area (Å²) in [5.74, 6) is -0.515. The van der Waals surface area contributed by atoms with Crippen LogP contribution >= 0.6 is 11.3 Å². The molecule has 28 heavy (non-hydrogen) atoms. The number of nitrogens with zero attached hydrogens (tertiary/aromatic N) is 1. The van der Waals surface area contributed by atoms with Crippen molar-refractivity contribution in [2.24, 2.45) is 0 Å². The van der Waals surface area contributed by atoms with E-state index in [4.69, 9.17) is 0 Å². The van der Waals surface area contributed by atoms with E-state index in [-0.39, 0.29) is 24.1 Å². The average molecular weight is 406 g/mol. The number of aromatic nitrogens is 1. The number of ether oxygens (including phenoxy) is 1. The van der Waals surface area contributed by atoms with Crippen LogP contribution in [-0.4, -0.2) is 17.3 Å². The Bertz CT molecular complexity index is 925. The van der Waals surface area contributed by atoms with Crippen LogP contribution < -0.4 is 10.1 Å². The Morgan fingerprint density at radius 3 is 2.46 bits per heavy atom. The third-order valence-corrected chi connectivity index (χ3v) is 4.85. The van der Waals surface area contributed by atoms with Gasteiger partial charge in [-0.1, -0.05) is 42.5 Å². The van der Waals surface area contributed by atoms with Crippen LogP contribution in [0.15, 0.2) is 60.0 Å². The number of nitrogens with one attached hydrogen (secondary N) is 1. The lowest BCUT2D eigenvalue weighted by atomic mass is 10.1. The van der Waals surface area contributed by atoms with Crippen LogP contribution in [0.3, 0.4) is 0 Å². The van der Waals surface area contributed by atoms with E-state index < -0.39 is 6.36 Å². The molecule has 0 aliphatic heterocycles. The Hall–Kier alpha value is -2.87. The van der Waals surface area contributed by atoms with E-state index in [1.54, 1.807) is 6.92 Å². The first-order chi connectivity index (χ1) is 13.3. The molecule has 3 rings (SSSR count). The number of halogens is 3. The van der Waals surface area contributed by atoms with Gasteiger partial charge >= 0.3 is 6.36 Å². The zero-order valence-electron chi connectivity index (χ0n) is 14.9. The first-order valence-corrected chi connectivity index (χ1v) is 9.33. The highest BCUT2D eigenvalue weighted by atomic mass is 32.1. The van der Waals surface area contributed by atoms with Crippen molar-refractivity contribution >= 4 is 17.2 Å². The molecule has 0 saturated carbocycles. The van der Waals surface area contributed by atoms with Gasteiger partial charge in [-0.25, -0.2) is 4.98 Å². The number of rotatable bonds is 6. The number of carbonyl (C=O) groups excluding carboxylic acids is 1. The molecule has 1 heterocycles. The van der Waals surface area contributed by atoms with E-state index in [9.17, 15) is 18.0 Å². The van der Waals surface area contributed by atoms with Crippen molar-refractivity contribution in [3.8, 4) is 16.3 Å². The maximum Gasteiger partial charge on any atom is 0.573 e. The van der Waals surface area contributed by atoms with Crippen LogP contribution in [0.5, 0.6) is 5.75 Å². The van der Waals surface area contributed by atoms with Crippen molar-refractivity contribution in [3.05, 3.63) is 71.2 Å². The SMILES string of the molecule is CC(NC(=O)Cc1csc(-c2ccccc2)n1)c1ccc(OC(F)(F)F)cc1. The topological polar surface area (TPSA) is 51.2 Å². The molecule has 1 atom stereocenters. The van der Waals surface area contributed by atoms with Gasteiger partial charge in [0.2, 0.25) is 5.91 Å². The summed E-state index contributed by atoms with van der Waals surface area (Å²) in [4.78, 5) is 16.8. The summed E-state index contributed by atoms with van der Waals surface area (Å²) in [6, 6.07) is 14.7. The Morgan fingerprint density at radius 1 is 1.14 bits per heavy atom. The lowest BCUT2D eigenvalue weighted by Crippen LogP contribution is -2.28. The Balaban J connectivity index is 1.57. The first-order valence-electron chi connectivity index (χ1n) is 8.45. The van der Waals surface area contributed by atoms with Gasteiger partial charge in [0.15, 0.2) is 0 Å². The summed E-state index contributed by atoms with van der Waals surface area (Å²) in [6.07, 6.45) is -4.60. The highest BCUT2D eigenvalue weighted by molar-refractivity contribution is 7.13. The number of amides is 1. The molecule has 1 amide bonds. The van der Waals surface area contributed by atoms with Gasteiger partial charge in [-0.15, -0.1) is 24.5 Å². The summed E-state index contributed by atoms with van der Waals surface area (Å²) in [6.45, 7) is 1.76. The molecule has 0 radical (unpaired) electrons. The van der Waals surface area contributed by atoms with Gasteiger partial charge in [0.05, 0.1) is 18.2 Å². The maximum absolute atomic E-state index is 12.3. The minimum Gasteiger partial charge on any atom is -0.406 e. The summed E-state index contributed by atoms with van der Waals surface area (Å²) in [5, 5.41) is 5.51. The molecule has 0 aliphatic rings. The predicted octanol–water partition coefficient (Wildman–Crippen LogP) is 5.13. The van der Waals surface area contributed by atoms with Crippen molar-refractivity contribution in [1.82, 2.24) is 10.3 Å². The largest absolute Gasteiger partial charge is 0.573 e. The van der Waals surface area contributed by atoms with Crippen LogP contribution in [0, 0.1) is 0 Å². The van der Waals surface area contributed by atoms with Gasteiger partial charge in [0.25, 0.3) is 0 Å². The van der Waals surface area contributed by atoms with Gasteiger partial charge in [-0.05, 0) is 24.6 Å². The lowest BCUT2D eigenvalue weighted by Gasteiger charge is -2.15. The molecule has 0 saturated heterocycles. The molecule has 4 nitrogen and oxygen atoms in total. The quantitative estimate of drug-likeness (QED) is 0.618. The number of hydrogen-bond acceptors (Lipinski definition) is 4. The van der Waals surface area contributed by atoms with Crippen LogP contribution in [0.2, 0.25) is 0 Å². The predicted molar refractivity (Wildman–Crippen MR) is 101 cm³/mol. The molecule has 1 aromatic heterocycles. The Kier molecular flexibility index (Phi) is 5.99. The van der Waals surface area contributed by atoms with Crippen molar-refractivity contribution in [2.75, 3.05) is 0 Å². The number of alkyl halides is 3. The van der Waals surface area contributed by atoms with Crippen LogP contribution in [0.4, 0.5) is 13.2 Å². The number of hydrogen-bond donors (Lipinski definition) is 1. The van der Waals surface area contributed by atoms with Crippen molar-refractivity contribution in [1.29, 1.82) is 0 Å². The smallest absolute Gasteiger partial charge is 0.406 e. The zero-order valence-corrected chi connectivity index (χ0v) is 15.7. The second-order valence-corrected chi connectivity index (χ2v) is 6.95. The molecule has 146 valence electrons. The monoisotopic (exact) mass is 406 g/mol. The minimum atomic E-state index is -4.73. The van der Waals surface area contributed by atoms with Crippen LogP contribution in [0.1, 0.15) is 24.2 Å². The van der Waals surface area contributed by atoms with Gasteiger partial charge in [-0.3, -0.25) is 4.79 Å². The van der Waals surface area contributed by atoms with E-state index in [0.29, 0.717) is 11.3 Å². The molecule has 0 fully saturated rings. The Labute approximate surface area is 164 Å². The highest BCUT2D eigenvalue weighted by Crippen LogP contribution is 2.25. The third kappa shape index (κ3) is 5.56. The number of thiazole rings is 1. The molecule has 0 bridgehead atoms. The fraction of sp³-hybridized carbons (Fsp3) is 0.200. The van der Waals surface area contributed by atoms with E-state index >= 15 is 0 Å². The van der Waals surface area contributed by atoms with Gasteiger partial charge in [0.1, 0.15) is 10.8 Å². The summed E-state index contributed by atoms with van der Waals surface area (Å²) in [5.41, 5.74) is 2.34. The van der Waals surface area contributed by atoms with E-state index in [1.165, 1.54) is 35.6 Å². The van der Waals surface area contributed by atoms with E-state index in [1.807, 2.05) is 35.7 Å². The molecular weight excluding hydrogens is 389 g/mol. The van der Waals surface area contributed by atoms with Crippen molar-refractivity contribution in [3.63, 3.8) is 0 Å². The first kappa shape index (κ1) is 19.9. The molecule has 3 aromatic rings. The van der Waals surface area contributed by atoms with E-state index in [2.05, 4.69) is 15.0 Å². The maximum atomic E-state index is 12.3. The van der Waals surface area contributed by atoms with Crippen LogP contribution in [-0.2, 0) is 11.2 Å². The standard InChI is InChI=1S/C20H17F3N2O2S/c1-13(14-7-9-17(10-8-14)27-20(21,22)23)24-18(26)11-16-12-28-19(25-16)15-5-3-2-4-6-15/h2-10,12-13H,11H2,1H3,(H,24,26). The Morgan fingerprint density at radius 2 is 1.82 bits per heavy atom. The molecule has 1 unspecified atom stereocenters. The summed E-state index contributed by atoms with van der Waals surface area (Å²) < 4.78 is 40.5.